The van der Waals surface area contributed by atoms with Crippen molar-refractivity contribution in [1.29, 1.82) is 0 Å². The minimum absolute atomic E-state index is 0.342. The normalized spacial score (nSPS) is 10.3. The van der Waals surface area contributed by atoms with Gasteiger partial charge >= 0.3 is 11.9 Å². The van der Waals surface area contributed by atoms with Gasteiger partial charge < -0.3 is 9.84 Å². The summed E-state index contributed by atoms with van der Waals surface area (Å²) in [6, 6.07) is 0. The Morgan fingerprint density at radius 3 is 2.15 bits per heavy atom. The van der Waals surface area contributed by atoms with Crippen LogP contribution in [-0.2, 0) is 14.3 Å². The average Bonchev–Trinajstić information content (AvgIpc) is 2.39. The van der Waals surface area contributed by atoms with Crippen LogP contribution in [0.1, 0.15) is 33.1 Å². The minimum Gasteiger partial charge on any atom is -0.478 e. The summed E-state index contributed by atoms with van der Waals surface area (Å²) in [7, 11) is 0. The highest BCUT2D eigenvalue weighted by Gasteiger charge is 2.00. The molecule has 0 fully saturated rings. The molecule has 1 N–H and O–H groups in total. The lowest BCUT2D eigenvalue weighted by Crippen LogP contribution is -2.06. The van der Waals surface area contributed by atoms with Gasteiger partial charge in [-0.3, -0.25) is 0 Å². The van der Waals surface area contributed by atoms with Gasteiger partial charge in [0.15, 0.2) is 0 Å². The summed E-state index contributed by atoms with van der Waals surface area (Å²) in [6.45, 7) is 7.00. The average molecular weight is 325 g/mol. The van der Waals surface area contributed by atoms with Crippen molar-refractivity contribution in [3.63, 3.8) is 0 Å². The molecule has 0 aromatic rings. The van der Waals surface area contributed by atoms with Crippen molar-refractivity contribution in [1.82, 2.24) is 0 Å². The van der Waals surface area contributed by atoms with Gasteiger partial charge in [-0.1, -0.05) is 12.7 Å². The molecule has 0 spiro atoms. The number of alkyl halides is 2. The van der Waals surface area contributed by atoms with E-state index in [1.54, 1.807) is 19.9 Å². The predicted molar refractivity (Wildman–Crippen MR) is 82.5 cm³/mol. The van der Waals surface area contributed by atoms with Crippen molar-refractivity contribution in [2.45, 2.75) is 33.1 Å². The Morgan fingerprint density at radius 1 is 1.20 bits per heavy atom. The number of rotatable bonds is 8. The third kappa shape index (κ3) is 15.1. The Kier molecular flexibility index (Phi) is 15.3. The van der Waals surface area contributed by atoms with Crippen molar-refractivity contribution < 1.29 is 19.4 Å². The SMILES string of the molecule is C=C(C)C(=O)OCCCCl.CC(=CCCCCl)C(=O)O. The van der Waals surface area contributed by atoms with Gasteiger partial charge in [-0.25, -0.2) is 9.59 Å². The quantitative estimate of drug-likeness (QED) is 0.319. The molecule has 0 atom stereocenters. The highest BCUT2D eigenvalue weighted by atomic mass is 35.5. The first-order valence-electron chi connectivity index (χ1n) is 6.21. The second-order valence-corrected chi connectivity index (χ2v) is 4.74. The lowest BCUT2D eigenvalue weighted by molar-refractivity contribution is -0.139. The van der Waals surface area contributed by atoms with Crippen molar-refractivity contribution >= 4 is 35.1 Å². The molecule has 20 heavy (non-hydrogen) atoms. The number of allylic oxidation sites excluding steroid dienone is 1. The third-order valence-corrected chi connectivity index (χ3v) is 2.52. The van der Waals surface area contributed by atoms with Gasteiger partial charge in [0, 0.05) is 22.9 Å². The number of unbranched alkanes of at least 4 members (excludes halogenated alkanes) is 1. The molecule has 0 amide bonds. The number of hydrogen-bond donors (Lipinski definition) is 1. The fraction of sp³-hybridized carbons (Fsp3) is 0.571. The standard InChI is InChI=1S/2C7H11ClO2/c1-6(2)7(9)10-5-3-4-8;1-6(7(9)10)4-2-3-5-8/h1,3-5H2,2H3;4H,2-3,5H2,1H3,(H,9,10). The van der Waals surface area contributed by atoms with Crippen molar-refractivity contribution in [2.75, 3.05) is 18.4 Å². The molecule has 0 aromatic heterocycles. The molecule has 4 nitrogen and oxygen atoms in total. The van der Waals surface area contributed by atoms with Crippen LogP contribution in [0.5, 0.6) is 0 Å². The maximum Gasteiger partial charge on any atom is 0.333 e. The van der Waals surface area contributed by atoms with Crippen LogP contribution in [0.4, 0.5) is 0 Å². The fourth-order valence-corrected chi connectivity index (χ4v) is 1.09. The van der Waals surface area contributed by atoms with Crippen LogP contribution in [0.25, 0.3) is 0 Å². The smallest absolute Gasteiger partial charge is 0.333 e. The Hall–Kier alpha value is -1.00. The zero-order chi connectivity index (χ0) is 16.0. The second kappa shape index (κ2) is 14.4. The first kappa shape index (κ1) is 21.3. The van der Waals surface area contributed by atoms with Crippen molar-refractivity contribution in [3.05, 3.63) is 23.8 Å². The number of esters is 1. The molecule has 0 aromatic carbocycles. The molecule has 0 rings (SSSR count). The summed E-state index contributed by atoms with van der Waals surface area (Å²) in [5.74, 6) is -0.0907. The van der Waals surface area contributed by atoms with Crippen LogP contribution in [0.2, 0.25) is 0 Å². The van der Waals surface area contributed by atoms with Gasteiger partial charge in [-0.2, -0.15) is 0 Å². The van der Waals surface area contributed by atoms with Crippen LogP contribution < -0.4 is 0 Å². The lowest BCUT2D eigenvalue weighted by Gasteiger charge is -2.00. The topological polar surface area (TPSA) is 63.6 Å². The van der Waals surface area contributed by atoms with E-state index < -0.39 is 5.97 Å². The fourth-order valence-electron chi connectivity index (χ4n) is 0.826. The van der Waals surface area contributed by atoms with Crippen LogP contribution in [0.15, 0.2) is 23.8 Å². The second-order valence-electron chi connectivity index (χ2n) is 3.98. The monoisotopic (exact) mass is 324 g/mol. The molecule has 0 heterocycles. The molecule has 6 heteroatoms. The summed E-state index contributed by atoms with van der Waals surface area (Å²) >= 11 is 10.7. The highest BCUT2D eigenvalue weighted by molar-refractivity contribution is 6.18. The molecular formula is C14H22Cl2O4. The highest BCUT2D eigenvalue weighted by Crippen LogP contribution is 1.99. The number of ether oxygens (including phenoxy) is 1. The largest absolute Gasteiger partial charge is 0.478 e. The third-order valence-electron chi connectivity index (χ3n) is 1.99. The molecule has 0 unspecified atom stereocenters. The summed E-state index contributed by atoms with van der Waals surface area (Å²) in [4.78, 5) is 20.8. The van der Waals surface area contributed by atoms with Crippen LogP contribution >= 0.6 is 23.2 Å². The number of carboxylic acid groups (broad SMARTS) is 1. The van der Waals surface area contributed by atoms with E-state index in [1.807, 2.05) is 0 Å². The van der Waals surface area contributed by atoms with Crippen LogP contribution in [0, 0.1) is 0 Å². The van der Waals surface area contributed by atoms with E-state index in [4.69, 9.17) is 33.0 Å². The van der Waals surface area contributed by atoms with Gasteiger partial charge in [0.1, 0.15) is 0 Å². The van der Waals surface area contributed by atoms with E-state index in [1.165, 1.54) is 0 Å². The Morgan fingerprint density at radius 2 is 1.75 bits per heavy atom. The van der Waals surface area contributed by atoms with E-state index in [-0.39, 0.29) is 5.97 Å². The molecule has 0 saturated carbocycles. The van der Waals surface area contributed by atoms with Crippen LogP contribution in [-0.4, -0.2) is 35.4 Å². The first-order valence-corrected chi connectivity index (χ1v) is 7.28. The van der Waals surface area contributed by atoms with Gasteiger partial charge in [0.05, 0.1) is 6.61 Å². The molecule has 0 aliphatic heterocycles. The number of carbonyl (C=O) groups is 2. The molecule has 0 aliphatic rings. The van der Waals surface area contributed by atoms with Gasteiger partial charge in [-0.15, -0.1) is 23.2 Å². The maximum absolute atomic E-state index is 10.7. The maximum atomic E-state index is 10.7. The summed E-state index contributed by atoms with van der Waals surface area (Å²) in [6.07, 6.45) is 3.97. The van der Waals surface area contributed by atoms with Gasteiger partial charge in [-0.05, 0) is 33.1 Å². The van der Waals surface area contributed by atoms with E-state index >= 15 is 0 Å². The van der Waals surface area contributed by atoms with E-state index in [0.717, 1.165) is 12.8 Å². The summed E-state index contributed by atoms with van der Waals surface area (Å²) < 4.78 is 4.72. The first-order chi connectivity index (χ1) is 9.36. The lowest BCUT2D eigenvalue weighted by atomic mass is 10.2. The number of hydrogen-bond acceptors (Lipinski definition) is 3. The van der Waals surface area contributed by atoms with E-state index in [0.29, 0.717) is 35.9 Å². The zero-order valence-corrected chi connectivity index (χ0v) is 13.5. The van der Waals surface area contributed by atoms with E-state index in [2.05, 4.69) is 6.58 Å². The van der Waals surface area contributed by atoms with Crippen molar-refractivity contribution in [3.8, 4) is 0 Å². The Balaban J connectivity index is 0. The predicted octanol–water partition coefficient (Wildman–Crippen LogP) is 3.77. The van der Waals surface area contributed by atoms with Crippen molar-refractivity contribution in [2.24, 2.45) is 0 Å². The molecule has 0 bridgehead atoms. The van der Waals surface area contributed by atoms with Gasteiger partial charge in [0.2, 0.25) is 0 Å². The number of carboxylic acids is 1. The number of carbonyl (C=O) groups excluding carboxylic acids is 1. The van der Waals surface area contributed by atoms with Gasteiger partial charge in [0.25, 0.3) is 0 Å². The number of aliphatic carboxylic acids is 1. The zero-order valence-electron chi connectivity index (χ0n) is 12.0. The molecular weight excluding hydrogens is 303 g/mol. The molecule has 0 radical (unpaired) electrons. The minimum atomic E-state index is -0.852. The van der Waals surface area contributed by atoms with Crippen LogP contribution in [0.3, 0.4) is 0 Å². The number of halogens is 2. The Labute approximate surface area is 130 Å². The Bertz CT molecular complexity index is 338. The summed E-state index contributed by atoms with van der Waals surface area (Å²) in [5.41, 5.74) is 0.819. The molecule has 116 valence electrons. The summed E-state index contributed by atoms with van der Waals surface area (Å²) in [5, 5.41) is 8.38. The molecule has 0 saturated heterocycles. The molecule has 0 aliphatic carbocycles. The van der Waals surface area contributed by atoms with E-state index in [9.17, 15) is 9.59 Å².